The Morgan fingerprint density at radius 3 is 1.50 bits per heavy atom. The molecule has 0 saturated heterocycles. The summed E-state index contributed by atoms with van der Waals surface area (Å²) in [6.07, 6.45) is 0. The van der Waals surface area contributed by atoms with E-state index in [0.29, 0.717) is 64.1 Å². The van der Waals surface area contributed by atoms with Crippen molar-refractivity contribution >= 4 is 0 Å². The lowest BCUT2D eigenvalue weighted by molar-refractivity contribution is 0.0497. The van der Waals surface area contributed by atoms with E-state index in [9.17, 15) is 10.2 Å². The van der Waals surface area contributed by atoms with Gasteiger partial charge in [0, 0.05) is 37.3 Å². The number of nitrogens with one attached hydrogen (secondary N) is 2. The quantitative estimate of drug-likeness (QED) is 0.325. The second-order valence-corrected chi connectivity index (χ2v) is 6.51. The molecule has 0 heterocycles. The highest BCUT2D eigenvalue weighted by Gasteiger charge is 2.07. The van der Waals surface area contributed by atoms with E-state index in [0.717, 1.165) is 11.1 Å². The van der Waals surface area contributed by atoms with Crippen molar-refractivity contribution in [3.63, 3.8) is 0 Å². The summed E-state index contributed by atoms with van der Waals surface area (Å²) >= 11 is 0. The van der Waals surface area contributed by atoms with Gasteiger partial charge in [0.25, 0.3) is 0 Å². The fourth-order valence-electron chi connectivity index (χ4n) is 2.81. The maximum atomic E-state index is 10.0. The average Bonchev–Trinajstić information content (AvgIpc) is 2.76. The van der Waals surface area contributed by atoms with Crippen LogP contribution in [0.2, 0.25) is 0 Å². The van der Waals surface area contributed by atoms with Crippen LogP contribution in [0.1, 0.15) is 11.1 Å². The third-order valence-electron chi connectivity index (χ3n) is 4.45. The topological polar surface area (TPSA) is 101 Å². The highest BCUT2D eigenvalue weighted by atomic mass is 16.5. The lowest BCUT2D eigenvalue weighted by atomic mass is 10.2. The van der Waals surface area contributed by atoms with Gasteiger partial charge in [-0.3, -0.25) is 0 Å². The second kappa shape index (κ2) is 13.7. The zero-order valence-electron chi connectivity index (χ0n) is 17.6. The van der Waals surface area contributed by atoms with Crippen molar-refractivity contribution in [2.24, 2.45) is 0 Å². The number of phenols is 2. The summed E-state index contributed by atoms with van der Waals surface area (Å²) in [4.78, 5) is 0. The zero-order valence-corrected chi connectivity index (χ0v) is 17.6. The van der Waals surface area contributed by atoms with Crippen LogP contribution in [0.3, 0.4) is 0 Å². The van der Waals surface area contributed by atoms with Gasteiger partial charge in [0.2, 0.25) is 0 Å². The smallest absolute Gasteiger partial charge is 0.162 e. The zero-order chi connectivity index (χ0) is 21.6. The summed E-state index contributed by atoms with van der Waals surface area (Å²) in [5, 5.41) is 26.5. The third-order valence-corrected chi connectivity index (χ3v) is 4.45. The average molecular weight is 421 g/mol. The van der Waals surface area contributed by atoms with E-state index >= 15 is 0 Å². The largest absolute Gasteiger partial charge is 0.504 e. The molecule has 0 aliphatic carbocycles. The molecule has 166 valence electrons. The summed E-state index contributed by atoms with van der Waals surface area (Å²) in [6.45, 7) is 4.56. The molecule has 0 aliphatic heterocycles. The van der Waals surface area contributed by atoms with E-state index in [4.69, 9.17) is 18.9 Å². The first-order valence-corrected chi connectivity index (χ1v) is 9.94. The Balaban J connectivity index is 1.44. The normalized spacial score (nSPS) is 10.9. The lowest BCUT2D eigenvalue weighted by Gasteiger charge is -2.11. The molecule has 0 fully saturated rings. The number of methoxy groups -OCH3 is 2. The molecule has 0 amide bonds. The van der Waals surface area contributed by atoms with Crippen LogP contribution >= 0.6 is 0 Å². The summed E-state index contributed by atoms with van der Waals surface area (Å²) in [6, 6.07) is 10.8. The van der Waals surface area contributed by atoms with Crippen LogP contribution < -0.4 is 20.1 Å². The monoisotopic (exact) mass is 420 g/mol. The van der Waals surface area contributed by atoms with Crippen molar-refractivity contribution < 1.29 is 29.2 Å². The van der Waals surface area contributed by atoms with Crippen LogP contribution in [-0.2, 0) is 22.6 Å². The Labute approximate surface area is 177 Å². The molecule has 0 saturated carbocycles. The third kappa shape index (κ3) is 7.72. The van der Waals surface area contributed by atoms with Crippen molar-refractivity contribution in [2.75, 3.05) is 53.7 Å². The first kappa shape index (κ1) is 23.8. The van der Waals surface area contributed by atoms with Gasteiger partial charge in [-0.25, -0.2) is 0 Å². The van der Waals surface area contributed by atoms with Gasteiger partial charge >= 0.3 is 0 Å². The highest BCUT2D eigenvalue weighted by molar-refractivity contribution is 5.45. The van der Waals surface area contributed by atoms with Crippen molar-refractivity contribution in [2.45, 2.75) is 13.1 Å². The maximum Gasteiger partial charge on any atom is 0.162 e. The van der Waals surface area contributed by atoms with Gasteiger partial charge < -0.3 is 39.8 Å². The number of hydrogen-bond acceptors (Lipinski definition) is 8. The molecule has 30 heavy (non-hydrogen) atoms. The summed E-state index contributed by atoms with van der Waals surface area (Å²) in [5.41, 5.74) is 1.57. The highest BCUT2D eigenvalue weighted by Crippen LogP contribution is 2.29. The summed E-state index contributed by atoms with van der Waals surface area (Å²) in [5.74, 6) is 1.27. The Hall–Kier alpha value is -2.52. The molecule has 4 N–H and O–H groups in total. The van der Waals surface area contributed by atoms with Gasteiger partial charge in [-0.15, -0.1) is 0 Å². The molecule has 0 bridgehead atoms. The number of aromatic hydroxyl groups is 2. The fourth-order valence-corrected chi connectivity index (χ4v) is 2.81. The van der Waals surface area contributed by atoms with Crippen LogP contribution in [0.15, 0.2) is 36.4 Å². The van der Waals surface area contributed by atoms with Gasteiger partial charge in [-0.05, 0) is 12.1 Å². The molecule has 2 rings (SSSR count). The Kier molecular flexibility index (Phi) is 10.8. The number of benzene rings is 2. The van der Waals surface area contributed by atoms with Gasteiger partial charge in [0.1, 0.15) is 0 Å². The van der Waals surface area contributed by atoms with E-state index in [-0.39, 0.29) is 11.5 Å². The van der Waals surface area contributed by atoms with E-state index in [1.807, 2.05) is 24.3 Å². The first-order valence-electron chi connectivity index (χ1n) is 9.94. The number of hydrogen-bond donors (Lipinski definition) is 4. The number of phenolic OH excluding ortho intramolecular Hbond substituents is 2. The van der Waals surface area contributed by atoms with Gasteiger partial charge in [0.15, 0.2) is 23.0 Å². The summed E-state index contributed by atoms with van der Waals surface area (Å²) in [7, 11) is 3.06. The predicted octanol–water partition coefficient (Wildman–Crippen LogP) is 2.03. The van der Waals surface area contributed by atoms with Crippen LogP contribution in [0.4, 0.5) is 0 Å². The molecule has 0 unspecified atom stereocenters. The van der Waals surface area contributed by atoms with Crippen molar-refractivity contribution in [3.05, 3.63) is 47.5 Å². The van der Waals surface area contributed by atoms with E-state index in [1.165, 1.54) is 14.2 Å². The predicted molar refractivity (Wildman–Crippen MR) is 114 cm³/mol. The van der Waals surface area contributed by atoms with Crippen molar-refractivity contribution in [1.29, 1.82) is 0 Å². The molecule has 0 spiro atoms. The lowest BCUT2D eigenvalue weighted by Crippen LogP contribution is -2.22. The minimum Gasteiger partial charge on any atom is -0.504 e. The fraction of sp³-hybridized carbons (Fsp3) is 0.455. The molecular formula is C22H32N2O6. The van der Waals surface area contributed by atoms with Crippen LogP contribution in [0, 0.1) is 0 Å². The molecule has 8 nitrogen and oxygen atoms in total. The number of rotatable bonds is 15. The van der Waals surface area contributed by atoms with Gasteiger partial charge in [0.05, 0.1) is 40.6 Å². The standard InChI is InChI=1S/C22H32N2O6/c1-27-19-7-3-5-17(21(19)25)15-23-9-11-29-13-14-30-12-10-24-16-18-6-4-8-20(28-2)22(18)26/h3-8,23-26H,9-16H2,1-2H3. The Morgan fingerprint density at radius 2 is 1.10 bits per heavy atom. The summed E-state index contributed by atoms with van der Waals surface area (Å²) < 4.78 is 21.2. The minimum absolute atomic E-state index is 0.164. The Bertz CT molecular complexity index is 693. The van der Waals surface area contributed by atoms with Crippen molar-refractivity contribution in [3.8, 4) is 23.0 Å². The molecule has 0 atom stereocenters. The Morgan fingerprint density at radius 1 is 0.667 bits per heavy atom. The van der Waals surface area contributed by atoms with E-state index in [1.54, 1.807) is 12.1 Å². The molecule has 0 aliphatic rings. The molecular weight excluding hydrogens is 388 g/mol. The molecule has 0 aromatic heterocycles. The SMILES string of the molecule is COc1cccc(CNCCOCCOCCNCc2cccc(OC)c2O)c1O. The van der Waals surface area contributed by atoms with E-state index in [2.05, 4.69) is 10.6 Å². The van der Waals surface area contributed by atoms with E-state index < -0.39 is 0 Å². The van der Waals surface area contributed by atoms with Gasteiger partial charge in [-0.2, -0.15) is 0 Å². The molecule has 2 aromatic carbocycles. The second-order valence-electron chi connectivity index (χ2n) is 6.51. The van der Waals surface area contributed by atoms with Crippen LogP contribution in [0.25, 0.3) is 0 Å². The minimum atomic E-state index is 0.164. The molecule has 2 aromatic rings. The van der Waals surface area contributed by atoms with Crippen LogP contribution in [-0.4, -0.2) is 63.9 Å². The number of para-hydroxylation sites is 2. The number of ether oxygens (including phenoxy) is 4. The maximum absolute atomic E-state index is 10.0. The van der Waals surface area contributed by atoms with Crippen molar-refractivity contribution in [1.82, 2.24) is 10.6 Å². The van der Waals surface area contributed by atoms with Crippen LogP contribution in [0.5, 0.6) is 23.0 Å². The molecule has 0 radical (unpaired) electrons. The first-order chi connectivity index (χ1) is 14.7. The molecule has 8 heteroatoms. The van der Waals surface area contributed by atoms with Gasteiger partial charge in [-0.1, -0.05) is 24.3 Å².